The van der Waals surface area contributed by atoms with Gasteiger partial charge < -0.3 is 10.6 Å². The van der Waals surface area contributed by atoms with E-state index in [1.807, 2.05) is 12.1 Å². The van der Waals surface area contributed by atoms with Crippen LogP contribution in [0.15, 0.2) is 48.7 Å². The molecule has 33 heavy (non-hydrogen) atoms. The number of thioether (sulfide) groups is 1. The lowest BCUT2D eigenvalue weighted by atomic mass is 9.78. The minimum atomic E-state index is -4.41. The van der Waals surface area contributed by atoms with Crippen molar-refractivity contribution < 1.29 is 18.0 Å². The molecule has 0 radical (unpaired) electrons. The first-order valence-electron chi connectivity index (χ1n) is 10.3. The summed E-state index contributed by atoms with van der Waals surface area (Å²) < 4.78 is 39.9. The number of amides is 1. The molecule has 1 amide bonds. The largest absolute Gasteiger partial charge is 0.416 e. The number of benzene rings is 2. The molecule has 3 aromatic rings. The van der Waals surface area contributed by atoms with Crippen molar-refractivity contribution in [2.75, 3.05) is 18.1 Å². The molecule has 0 bridgehead atoms. The molecule has 0 unspecified atom stereocenters. The quantitative estimate of drug-likeness (QED) is 0.492. The van der Waals surface area contributed by atoms with Crippen molar-refractivity contribution >= 4 is 29.3 Å². The Morgan fingerprint density at radius 2 is 1.94 bits per heavy atom. The summed E-state index contributed by atoms with van der Waals surface area (Å²) in [7, 11) is 0. The van der Waals surface area contributed by atoms with Crippen LogP contribution >= 0.6 is 11.8 Å². The molecular formula is C24H23F3N4OS. The minimum absolute atomic E-state index is 0.0933. The highest BCUT2D eigenvalue weighted by atomic mass is 32.2. The normalized spacial score (nSPS) is 15.0. The zero-order valence-electron chi connectivity index (χ0n) is 18.4. The molecule has 1 aliphatic rings. The van der Waals surface area contributed by atoms with E-state index in [0.717, 1.165) is 17.2 Å². The first kappa shape index (κ1) is 23.1. The van der Waals surface area contributed by atoms with E-state index in [-0.39, 0.29) is 28.6 Å². The molecule has 172 valence electrons. The number of carbonyl (C=O) groups excluding carboxylic acids is 1. The van der Waals surface area contributed by atoms with Gasteiger partial charge in [-0.05, 0) is 53.8 Å². The lowest BCUT2D eigenvalue weighted by Crippen LogP contribution is -2.43. The van der Waals surface area contributed by atoms with Crippen molar-refractivity contribution in [2.24, 2.45) is 0 Å². The molecule has 0 fully saturated rings. The Bertz CT molecular complexity index is 1210. The van der Waals surface area contributed by atoms with Crippen molar-refractivity contribution in [3.05, 3.63) is 70.9 Å². The zero-order valence-corrected chi connectivity index (χ0v) is 19.2. The summed E-state index contributed by atoms with van der Waals surface area (Å²) in [6, 6.07) is 11.3. The fourth-order valence-corrected chi connectivity index (χ4v) is 4.43. The van der Waals surface area contributed by atoms with Crippen LogP contribution in [0.2, 0.25) is 0 Å². The molecule has 5 nitrogen and oxygen atoms in total. The lowest BCUT2D eigenvalue weighted by molar-refractivity contribution is -0.138. The maximum Gasteiger partial charge on any atom is 0.416 e. The summed E-state index contributed by atoms with van der Waals surface area (Å²) in [4.78, 5) is 21.0. The standard InChI is InChI=1S/C24H23F3N4OS/c1-23(2)13-29-21(32)17-6-4-14(11-19(17)23)20-8-9-28-22(31-20)30-16-5-7-18(24(25,26)27)15(10-16)12-33-3/h4-11H,12-13H2,1-3H3,(H,29,32)(H,28,30,31). The van der Waals surface area contributed by atoms with Gasteiger partial charge in [0.25, 0.3) is 5.91 Å². The Labute approximate surface area is 194 Å². The van der Waals surface area contributed by atoms with Gasteiger partial charge in [-0.25, -0.2) is 9.97 Å². The van der Waals surface area contributed by atoms with E-state index < -0.39 is 11.7 Å². The third-order valence-electron chi connectivity index (χ3n) is 5.60. The molecule has 0 saturated carbocycles. The molecule has 2 N–H and O–H groups in total. The molecule has 0 aliphatic carbocycles. The van der Waals surface area contributed by atoms with Crippen molar-refractivity contribution in [2.45, 2.75) is 31.2 Å². The summed E-state index contributed by atoms with van der Waals surface area (Å²) in [5.74, 6) is 0.422. The average Bonchev–Trinajstić information content (AvgIpc) is 2.76. The van der Waals surface area contributed by atoms with E-state index in [9.17, 15) is 18.0 Å². The topological polar surface area (TPSA) is 66.9 Å². The monoisotopic (exact) mass is 472 g/mol. The van der Waals surface area contributed by atoms with Gasteiger partial charge in [-0.3, -0.25) is 4.79 Å². The second-order valence-corrected chi connectivity index (χ2v) is 9.39. The molecule has 0 atom stereocenters. The molecule has 0 spiro atoms. The van der Waals surface area contributed by atoms with Gasteiger partial charge in [0.1, 0.15) is 0 Å². The van der Waals surface area contributed by atoms with E-state index >= 15 is 0 Å². The highest BCUT2D eigenvalue weighted by Crippen LogP contribution is 2.36. The number of rotatable bonds is 5. The van der Waals surface area contributed by atoms with E-state index in [1.54, 1.807) is 24.6 Å². The number of hydrogen-bond donors (Lipinski definition) is 2. The minimum Gasteiger partial charge on any atom is -0.351 e. The van der Waals surface area contributed by atoms with Crippen LogP contribution in [0.5, 0.6) is 0 Å². The third-order valence-corrected chi connectivity index (χ3v) is 6.20. The molecule has 2 heterocycles. The average molecular weight is 473 g/mol. The van der Waals surface area contributed by atoms with E-state index in [1.165, 1.54) is 23.9 Å². The van der Waals surface area contributed by atoms with Gasteiger partial charge in [0.05, 0.1) is 11.3 Å². The number of anilines is 2. The van der Waals surface area contributed by atoms with Crippen LogP contribution in [0.4, 0.5) is 24.8 Å². The van der Waals surface area contributed by atoms with Crippen LogP contribution in [-0.4, -0.2) is 28.7 Å². The molecule has 4 rings (SSSR count). The summed E-state index contributed by atoms with van der Waals surface area (Å²) in [5.41, 5.74) is 2.89. The van der Waals surface area contributed by atoms with Crippen LogP contribution < -0.4 is 10.6 Å². The number of halogens is 3. The summed E-state index contributed by atoms with van der Waals surface area (Å²) in [6.45, 7) is 4.68. The van der Waals surface area contributed by atoms with E-state index in [0.29, 0.717) is 23.5 Å². The van der Waals surface area contributed by atoms with Gasteiger partial charge in [0.15, 0.2) is 0 Å². The Balaban J connectivity index is 1.65. The molecule has 1 aromatic heterocycles. The van der Waals surface area contributed by atoms with Gasteiger partial charge in [-0.15, -0.1) is 0 Å². The molecular weight excluding hydrogens is 449 g/mol. The van der Waals surface area contributed by atoms with Gasteiger partial charge in [0, 0.05) is 40.7 Å². The summed E-state index contributed by atoms with van der Waals surface area (Å²) in [5, 5.41) is 5.92. The van der Waals surface area contributed by atoms with Crippen molar-refractivity contribution in [1.82, 2.24) is 15.3 Å². The van der Waals surface area contributed by atoms with Crippen LogP contribution in [0.25, 0.3) is 11.3 Å². The first-order valence-corrected chi connectivity index (χ1v) is 11.7. The number of aromatic nitrogens is 2. The van der Waals surface area contributed by atoms with Crippen LogP contribution in [0, 0.1) is 0 Å². The van der Waals surface area contributed by atoms with Gasteiger partial charge >= 0.3 is 6.18 Å². The number of alkyl halides is 3. The highest BCUT2D eigenvalue weighted by molar-refractivity contribution is 7.97. The number of nitrogens with zero attached hydrogens (tertiary/aromatic N) is 2. The van der Waals surface area contributed by atoms with E-state index in [2.05, 4.69) is 34.4 Å². The van der Waals surface area contributed by atoms with Crippen molar-refractivity contribution in [3.63, 3.8) is 0 Å². The predicted molar refractivity (Wildman–Crippen MR) is 125 cm³/mol. The predicted octanol–water partition coefficient (Wildman–Crippen LogP) is 5.79. The lowest BCUT2D eigenvalue weighted by Gasteiger charge is -2.32. The van der Waals surface area contributed by atoms with Crippen LogP contribution in [0.3, 0.4) is 0 Å². The van der Waals surface area contributed by atoms with E-state index in [4.69, 9.17) is 0 Å². The zero-order chi connectivity index (χ0) is 23.8. The Morgan fingerprint density at radius 1 is 1.15 bits per heavy atom. The molecule has 0 saturated heterocycles. The molecule has 2 aromatic carbocycles. The Hall–Kier alpha value is -3.07. The SMILES string of the molecule is CSCc1cc(Nc2nccc(-c3ccc4c(c3)C(C)(C)CNC4=O)n2)ccc1C(F)(F)F. The second-order valence-electron chi connectivity index (χ2n) is 8.52. The third kappa shape index (κ3) is 4.83. The molecule has 9 heteroatoms. The second kappa shape index (κ2) is 8.70. The van der Waals surface area contributed by atoms with Crippen LogP contribution in [-0.2, 0) is 17.3 Å². The maximum atomic E-state index is 13.3. The molecule has 1 aliphatic heterocycles. The van der Waals surface area contributed by atoms with Gasteiger partial charge in [-0.1, -0.05) is 19.9 Å². The first-order chi connectivity index (χ1) is 15.6. The fourth-order valence-electron chi connectivity index (χ4n) is 3.88. The Morgan fingerprint density at radius 3 is 2.67 bits per heavy atom. The summed E-state index contributed by atoms with van der Waals surface area (Å²) >= 11 is 1.32. The number of hydrogen-bond acceptors (Lipinski definition) is 5. The smallest absolute Gasteiger partial charge is 0.351 e. The van der Waals surface area contributed by atoms with Crippen molar-refractivity contribution in [1.29, 1.82) is 0 Å². The number of nitrogens with one attached hydrogen (secondary N) is 2. The summed E-state index contributed by atoms with van der Waals surface area (Å²) in [6.07, 6.45) is -1.05. The van der Waals surface area contributed by atoms with Gasteiger partial charge in [0.2, 0.25) is 5.95 Å². The number of carbonyl (C=O) groups is 1. The maximum absolute atomic E-state index is 13.3. The fraction of sp³-hybridized carbons (Fsp3) is 0.292. The van der Waals surface area contributed by atoms with Crippen LogP contribution in [0.1, 0.15) is 40.9 Å². The van der Waals surface area contributed by atoms with Gasteiger partial charge in [-0.2, -0.15) is 24.9 Å². The van der Waals surface area contributed by atoms with Crippen molar-refractivity contribution in [3.8, 4) is 11.3 Å². The number of fused-ring (bicyclic) bond motifs is 1. The Kier molecular flexibility index (Phi) is 6.09. The highest BCUT2D eigenvalue weighted by Gasteiger charge is 2.33.